The smallest absolute Gasteiger partial charge is 0.331 e. The van der Waals surface area contributed by atoms with E-state index in [-0.39, 0.29) is 17.6 Å². The van der Waals surface area contributed by atoms with E-state index in [9.17, 15) is 22.4 Å². The van der Waals surface area contributed by atoms with E-state index in [1.165, 1.54) is 0 Å². The molecule has 2 heterocycles. The number of alkyl halides is 3. The van der Waals surface area contributed by atoms with Crippen LogP contribution in [0.5, 0.6) is 0 Å². The molecule has 1 amide bonds. The second-order valence-corrected chi connectivity index (χ2v) is 5.82. The fourth-order valence-corrected chi connectivity index (χ4v) is 3.34. The van der Waals surface area contributed by atoms with Gasteiger partial charge >= 0.3 is 6.18 Å². The average Bonchev–Trinajstić information content (AvgIpc) is 2.69. The number of carbonyl (C=O) groups excluding carboxylic acids is 1. The lowest BCUT2D eigenvalue weighted by molar-refractivity contribution is -0.137. The van der Waals surface area contributed by atoms with Crippen molar-refractivity contribution < 1.29 is 22.4 Å². The van der Waals surface area contributed by atoms with Crippen LogP contribution < -0.4 is 5.32 Å². The Morgan fingerprint density at radius 3 is 2.59 bits per heavy atom. The highest BCUT2D eigenvalue weighted by molar-refractivity contribution is 5.95. The van der Waals surface area contributed by atoms with Crippen LogP contribution in [0, 0.1) is 5.82 Å². The first-order valence-corrected chi connectivity index (χ1v) is 7.27. The molecule has 0 aromatic heterocycles. The zero-order chi connectivity index (χ0) is 15.9. The molecule has 22 heavy (non-hydrogen) atoms. The van der Waals surface area contributed by atoms with Gasteiger partial charge in [0.25, 0.3) is 5.91 Å². The summed E-state index contributed by atoms with van der Waals surface area (Å²) in [7, 11) is 0. The number of rotatable bonds is 1. The molecule has 2 aliphatic heterocycles. The summed E-state index contributed by atoms with van der Waals surface area (Å²) in [5.74, 6) is -1.56. The zero-order valence-corrected chi connectivity index (χ0v) is 11.8. The highest BCUT2D eigenvalue weighted by atomic mass is 19.4. The minimum atomic E-state index is -4.67. The van der Waals surface area contributed by atoms with Crippen molar-refractivity contribution in [1.82, 2.24) is 10.2 Å². The van der Waals surface area contributed by atoms with Crippen LogP contribution in [0.4, 0.5) is 17.6 Å². The standard InChI is InChI=1S/C15H16F4N2O/c16-11-6-9(5-10(7-11)15(17,18)19)14(22)21-12-1-2-13(21)8-20-4-3-12/h5-7,12-13,20H,1-4,8H2. The minimum Gasteiger partial charge on any atom is -0.331 e. The summed E-state index contributed by atoms with van der Waals surface area (Å²) in [6, 6.07) is 2.02. The summed E-state index contributed by atoms with van der Waals surface area (Å²) in [5.41, 5.74) is -1.36. The van der Waals surface area contributed by atoms with Gasteiger partial charge in [-0.05, 0) is 44.0 Å². The van der Waals surface area contributed by atoms with Crippen LogP contribution in [-0.4, -0.2) is 36.0 Å². The molecule has 3 nitrogen and oxygen atoms in total. The maximum absolute atomic E-state index is 13.5. The lowest BCUT2D eigenvalue weighted by atomic mass is 10.1. The fourth-order valence-electron chi connectivity index (χ4n) is 3.34. The molecular weight excluding hydrogens is 300 g/mol. The largest absolute Gasteiger partial charge is 0.416 e. The van der Waals surface area contributed by atoms with Gasteiger partial charge in [0.1, 0.15) is 5.82 Å². The topological polar surface area (TPSA) is 32.3 Å². The number of fused-ring (bicyclic) bond motifs is 2. The number of amides is 1. The molecule has 7 heteroatoms. The van der Waals surface area contributed by atoms with Crippen LogP contribution in [-0.2, 0) is 6.18 Å². The third-order valence-corrected chi connectivity index (χ3v) is 4.36. The quantitative estimate of drug-likeness (QED) is 0.808. The van der Waals surface area contributed by atoms with Crippen LogP contribution in [0.3, 0.4) is 0 Å². The van der Waals surface area contributed by atoms with E-state index < -0.39 is 23.5 Å². The third kappa shape index (κ3) is 2.82. The van der Waals surface area contributed by atoms with Gasteiger partial charge in [-0.2, -0.15) is 13.2 Å². The predicted octanol–water partition coefficient (Wildman–Crippen LogP) is 2.81. The van der Waals surface area contributed by atoms with Gasteiger partial charge in [-0.3, -0.25) is 4.79 Å². The van der Waals surface area contributed by atoms with Crippen molar-refractivity contribution in [3.8, 4) is 0 Å². The molecule has 1 aromatic rings. The molecule has 0 spiro atoms. The van der Waals surface area contributed by atoms with Gasteiger partial charge in [-0.25, -0.2) is 4.39 Å². The Hall–Kier alpha value is -1.63. The van der Waals surface area contributed by atoms with E-state index >= 15 is 0 Å². The van der Waals surface area contributed by atoms with E-state index in [1.807, 2.05) is 0 Å². The SMILES string of the molecule is O=C(c1cc(F)cc(C(F)(F)F)c1)N1C2CCNCC1CC2. The Kier molecular flexibility index (Phi) is 3.84. The molecule has 3 rings (SSSR count). The number of nitrogens with one attached hydrogen (secondary N) is 1. The van der Waals surface area contributed by atoms with E-state index in [0.29, 0.717) is 12.6 Å². The summed E-state index contributed by atoms with van der Waals surface area (Å²) >= 11 is 0. The van der Waals surface area contributed by atoms with Gasteiger partial charge in [0, 0.05) is 24.2 Å². The highest BCUT2D eigenvalue weighted by Crippen LogP contribution is 2.33. The fraction of sp³-hybridized carbons (Fsp3) is 0.533. The van der Waals surface area contributed by atoms with Crippen molar-refractivity contribution in [1.29, 1.82) is 0 Å². The molecule has 2 fully saturated rings. The van der Waals surface area contributed by atoms with Crippen molar-refractivity contribution in [3.63, 3.8) is 0 Å². The second kappa shape index (κ2) is 5.53. The zero-order valence-electron chi connectivity index (χ0n) is 11.8. The number of hydrogen-bond acceptors (Lipinski definition) is 2. The van der Waals surface area contributed by atoms with E-state index in [2.05, 4.69) is 5.32 Å². The highest BCUT2D eigenvalue weighted by Gasteiger charge is 2.39. The molecule has 2 aliphatic rings. The maximum Gasteiger partial charge on any atom is 0.416 e. The molecule has 1 aromatic carbocycles. The van der Waals surface area contributed by atoms with Crippen molar-refractivity contribution in [2.45, 2.75) is 37.5 Å². The lowest BCUT2D eigenvalue weighted by Gasteiger charge is -2.28. The number of carbonyl (C=O) groups is 1. The molecule has 0 radical (unpaired) electrons. The summed E-state index contributed by atoms with van der Waals surface area (Å²) < 4.78 is 51.8. The van der Waals surface area contributed by atoms with Gasteiger partial charge in [-0.15, -0.1) is 0 Å². The van der Waals surface area contributed by atoms with Gasteiger partial charge in [0.15, 0.2) is 0 Å². The molecule has 2 atom stereocenters. The maximum atomic E-state index is 13.5. The summed E-state index contributed by atoms with van der Waals surface area (Å²) in [5, 5.41) is 3.21. The van der Waals surface area contributed by atoms with Crippen molar-refractivity contribution in [3.05, 3.63) is 35.1 Å². The van der Waals surface area contributed by atoms with Crippen molar-refractivity contribution >= 4 is 5.91 Å². The molecule has 2 bridgehead atoms. The van der Waals surface area contributed by atoms with Crippen molar-refractivity contribution in [2.24, 2.45) is 0 Å². The Morgan fingerprint density at radius 1 is 1.14 bits per heavy atom. The molecule has 2 saturated heterocycles. The van der Waals surface area contributed by atoms with Crippen LogP contribution in [0.15, 0.2) is 18.2 Å². The average molecular weight is 316 g/mol. The second-order valence-electron chi connectivity index (χ2n) is 5.82. The third-order valence-electron chi connectivity index (χ3n) is 4.36. The van der Waals surface area contributed by atoms with Crippen LogP contribution in [0.2, 0.25) is 0 Å². The molecular formula is C15H16F4N2O. The van der Waals surface area contributed by atoms with Crippen LogP contribution in [0.25, 0.3) is 0 Å². The van der Waals surface area contributed by atoms with Gasteiger partial charge in [0.2, 0.25) is 0 Å². The number of hydrogen-bond donors (Lipinski definition) is 1. The first-order chi connectivity index (χ1) is 10.4. The number of halogens is 4. The minimum absolute atomic E-state index is 0.0186. The van der Waals surface area contributed by atoms with Gasteiger partial charge in [-0.1, -0.05) is 0 Å². The normalized spacial score (nSPS) is 25.2. The van der Waals surface area contributed by atoms with Crippen LogP contribution >= 0.6 is 0 Å². The molecule has 0 saturated carbocycles. The van der Waals surface area contributed by atoms with E-state index in [0.717, 1.165) is 37.9 Å². The first kappa shape index (κ1) is 15.3. The van der Waals surface area contributed by atoms with Crippen molar-refractivity contribution in [2.75, 3.05) is 13.1 Å². The number of nitrogens with zero attached hydrogens (tertiary/aromatic N) is 1. The Labute approximate surface area is 125 Å². The number of benzene rings is 1. The van der Waals surface area contributed by atoms with Gasteiger partial charge < -0.3 is 10.2 Å². The van der Waals surface area contributed by atoms with Gasteiger partial charge in [0.05, 0.1) is 5.56 Å². The Bertz CT molecular complexity index is 573. The Balaban J connectivity index is 1.93. The molecule has 120 valence electrons. The monoisotopic (exact) mass is 316 g/mol. The lowest BCUT2D eigenvalue weighted by Crippen LogP contribution is -2.42. The summed E-state index contributed by atoms with van der Waals surface area (Å²) in [6.45, 7) is 1.41. The summed E-state index contributed by atoms with van der Waals surface area (Å²) in [6.07, 6.45) is -2.23. The van der Waals surface area contributed by atoms with E-state index in [4.69, 9.17) is 0 Å². The summed E-state index contributed by atoms with van der Waals surface area (Å²) in [4.78, 5) is 14.2. The molecule has 0 aliphatic carbocycles. The Morgan fingerprint density at radius 2 is 1.86 bits per heavy atom. The molecule has 1 N–H and O–H groups in total. The van der Waals surface area contributed by atoms with Crippen LogP contribution in [0.1, 0.15) is 35.2 Å². The molecule has 2 unspecified atom stereocenters. The predicted molar refractivity (Wildman–Crippen MR) is 71.9 cm³/mol. The van der Waals surface area contributed by atoms with E-state index in [1.54, 1.807) is 4.90 Å². The first-order valence-electron chi connectivity index (χ1n) is 7.27.